The van der Waals surface area contributed by atoms with Gasteiger partial charge in [0.2, 0.25) is 11.5 Å². The lowest BCUT2D eigenvalue weighted by atomic mass is 10.2. The van der Waals surface area contributed by atoms with Crippen LogP contribution in [-0.4, -0.2) is 34.7 Å². The van der Waals surface area contributed by atoms with E-state index >= 15 is 0 Å². The lowest BCUT2D eigenvalue weighted by Gasteiger charge is -2.18. The van der Waals surface area contributed by atoms with E-state index in [9.17, 15) is 4.79 Å². The second-order valence-electron chi connectivity index (χ2n) is 2.55. The predicted octanol–water partition coefficient (Wildman–Crippen LogP) is -0.478. The molecule has 1 heterocycles. The zero-order valence-corrected chi connectivity index (χ0v) is 8.53. The number of aliphatic imine (C=N–C) groups is 1. The third kappa shape index (κ3) is 2.78. The Morgan fingerprint density at radius 2 is 2.67 bits per heavy atom. The van der Waals surface area contributed by atoms with E-state index in [1.807, 2.05) is 0 Å². The minimum atomic E-state index is -1.54. The fourth-order valence-corrected chi connectivity index (χ4v) is 1.39. The molecule has 15 heavy (non-hydrogen) atoms. The molecular formula is C7H10N4O3S. The van der Waals surface area contributed by atoms with Crippen LogP contribution in [0.1, 0.15) is 0 Å². The molecule has 0 aromatic heterocycles. The second-order valence-corrected chi connectivity index (χ2v) is 3.20. The molecule has 1 unspecified atom stereocenters. The Labute approximate surface area is 90.2 Å². The number of rotatable bonds is 5. The van der Waals surface area contributed by atoms with Gasteiger partial charge in [0.05, 0.1) is 5.55 Å². The van der Waals surface area contributed by atoms with Crippen molar-refractivity contribution in [2.24, 2.45) is 15.9 Å². The van der Waals surface area contributed by atoms with Crippen LogP contribution >= 0.6 is 11.9 Å². The normalized spacial score (nSPS) is 25.3. The zero-order chi connectivity index (χ0) is 11.3. The largest absolute Gasteiger partial charge is 0.477 e. The molecule has 0 aliphatic carbocycles. The van der Waals surface area contributed by atoms with Gasteiger partial charge in [0.1, 0.15) is 6.61 Å². The highest BCUT2D eigenvalue weighted by Gasteiger charge is 2.39. The summed E-state index contributed by atoms with van der Waals surface area (Å²) in [5, 5.41) is 12.3. The molecule has 82 valence electrons. The van der Waals surface area contributed by atoms with Crippen LogP contribution in [0.2, 0.25) is 0 Å². The van der Waals surface area contributed by atoms with Gasteiger partial charge in [0.25, 0.3) is 0 Å². The van der Waals surface area contributed by atoms with E-state index in [1.165, 1.54) is 11.6 Å². The Morgan fingerprint density at radius 1 is 1.93 bits per heavy atom. The highest BCUT2D eigenvalue weighted by Crippen LogP contribution is 2.14. The van der Waals surface area contributed by atoms with Crippen LogP contribution in [0.25, 0.3) is 0 Å². The summed E-state index contributed by atoms with van der Waals surface area (Å²) < 4.78 is 2.60. The lowest BCUT2D eigenvalue weighted by molar-refractivity contribution is -0.130. The number of hydrogen-bond donors (Lipinski definition) is 3. The van der Waals surface area contributed by atoms with Gasteiger partial charge in [0.15, 0.2) is 0 Å². The second kappa shape index (κ2) is 4.91. The molecule has 0 aromatic rings. The Bertz CT molecular complexity index is 330. The van der Waals surface area contributed by atoms with Crippen LogP contribution in [0.3, 0.4) is 0 Å². The van der Waals surface area contributed by atoms with Crippen LogP contribution in [0.15, 0.2) is 22.8 Å². The quantitative estimate of drug-likeness (QED) is 0.193. The van der Waals surface area contributed by atoms with Gasteiger partial charge in [-0.15, -0.1) is 0 Å². The molecule has 1 aliphatic heterocycles. The average molecular weight is 230 g/mol. The number of oxime groups is 1. The molecule has 0 amide bonds. The van der Waals surface area contributed by atoms with E-state index in [-0.39, 0.29) is 6.61 Å². The molecule has 1 atom stereocenters. The van der Waals surface area contributed by atoms with E-state index < -0.39 is 17.5 Å². The van der Waals surface area contributed by atoms with Crippen molar-refractivity contribution in [3.05, 3.63) is 12.7 Å². The van der Waals surface area contributed by atoms with E-state index in [4.69, 9.17) is 10.8 Å². The minimum Gasteiger partial charge on any atom is -0.477 e. The van der Waals surface area contributed by atoms with Crippen molar-refractivity contribution in [2.45, 2.75) is 5.79 Å². The number of nitrogens with zero attached hydrogens (tertiary/aromatic N) is 2. The first kappa shape index (κ1) is 11.7. The third-order valence-electron chi connectivity index (χ3n) is 1.44. The molecule has 1 aliphatic rings. The number of nitrogens with one attached hydrogen (secondary N) is 1. The summed E-state index contributed by atoms with van der Waals surface area (Å²) in [5.41, 5.74) is 6.62. The van der Waals surface area contributed by atoms with Crippen molar-refractivity contribution in [2.75, 3.05) is 6.61 Å². The molecule has 0 saturated carbocycles. The van der Waals surface area contributed by atoms with Gasteiger partial charge in [-0.05, 0) is 11.9 Å². The van der Waals surface area contributed by atoms with Crippen molar-refractivity contribution in [1.82, 2.24) is 4.72 Å². The standard InChI is InChI=1S/C7H10N4O3S/c1-2-3-14-10-5(6(12)13)7(8)9-4-15-11-7/h2,4,11H,1,3,8H2,(H,12,13)/b10-5+. The molecule has 1 rings (SSSR count). The van der Waals surface area contributed by atoms with Gasteiger partial charge in [-0.3, -0.25) is 5.73 Å². The summed E-state index contributed by atoms with van der Waals surface area (Å²) in [7, 11) is 0. The lowest BCUT2D eigenvalue weighted by Crippen LogP contribution is -2.56. The van der Waals surface area contributed by atoms with Crippen molar-refractivity contribution in [1.29, 1.82) is 0 Å². The Morgan fingerprint density at radius 3 is 3.13 bits per heavy atom. The summed E-state index contributed by atoms with van der Waals surface area (Å²) >= 11 is 1.08. The first-order chi connectivity index (χ1) is 7.10. The van der Waals surface area contributed by atoms with Gasteiger partial charge < -0.3 is 9.94 Å². The number of carbonyl (C=O) groups is 1. The van der Waals surface area contributed by atoms with Crippen molar-refractivity contribution in [3.8, 4) is 0 Å². The van der Waals surface area contributed by atoms with Crippen molar-refractivity contribution in [3.63, 3.8) is 0 Å². The number of carboxylic acid groups (broad SMARTS) is 1. The predicted molar refractivity (Wildman–Crippen MR) is 57.4 cm³/mol. The zero-order valence-electron chi connectivity index (χ0n) is 7.71. The van der Waals surface area contributed by atoms with E-state index in [2.05, 4.69) is 26.3 Å². The fraction of sp³-hybridized carbons (Fsp3) is 0.286. The molecule has 0 saturated heterocycles. The van der Waals surface area contributed by atoms with Crippen molar-refractivity contribution < 1.29 is 14.7 Å². The maximum atomic E-state index is 10.8. The molecule has 0 bridgehead atoms. The van der Waals surface area contributed by atoms with Crippen molar-refractivity contribution >= 4 is 29.2 Å². The number of hydrogen-bond acceptors (Lipinski definition) is 7. The van der Waals surface area contributed by atoms with Gasteiger partial charge in [0, 0.05) is 0 Å². The topological polar surface area (TPSA) is 109 Å². The maximum absolute atomic E-state index is 10.8. The van der Waals surface area contributed by atoms with Crippen LogP contribution in [-0.2, 0) is 9.63 Å². The number of carboxylic acids is 1. The molecule has 0 aromatic carbocycles. The van der Waals surface area contributed by atoms with E-state index in [1.54, 1.807) is 0 Å². The van der Waals surface area contributed by atoms with Gasteiger partial charge in [-0.2, -0.15) is 0 Å². The monoisotopic (exact) mass is 230 g/mol. The van der Waals surface area contributed by atoms with Crippen LogP contribution in [0.5, 0.6) is 0 Å². The molecular weight excluding hydrogens is 220 g/mol. The highest BCUT2D eigenvalue weighted by molar-refractivity contribution is 8.10. The Hall–Kier alpha value is -1.38. The summed E-state index contributed by atoms with van der Waals surface area (Å²) in [5.74, 6) is -2.84. The Balaban J connectivity index is 2.82. The van der Waals surface area contributed by atoms with Crippen LogP contribution in [0.4, 0.5) is 0 Å². The Kier molecular flexibility index (Phi) is 3.83. The number of aliphatic carboxylic acids is 1. The molecule has 0 fully saturated rings. The van der Waals surface area contributed by atoms with Crippen LogP contribution in [0, 0.1) is 0 Å². The maximum Gasteiger partial charge on any atom is 0.359 e. The first-order valence-corrected chi connectivity index (χ1v) is 4.78. The molecule has 8 heteroatoms. The average Bonchev–Trinajstić information content (AvgIpc) is 2.60. The van der Waals surface area contributed by atoms with Gasteiger partial charge in [-0.1, -0.05) is 17.8 Å². The van der Waals surface area contributed by atoms with Gasteiger partial charge >= 0.3 is 5.97 Å². The fourth-order valence-electron chi connectivity index (χ4n) is 0.788. The molecule has 0 radical (unpaired) electrons. The van der Waals surface area contributed by atoms with E-state index in [0.29, 0.717) is 0 Å². The third-order valence-corrected chi connectivity index (χ3v) is 2.08. The minimum absolute atomic E-state index is 0.101. The van der Waals surface area contributed by atoms with Crippen LogP contribution < -0.4 is 10.5 Å². The summed E-state index contributed by atoms with van der Waals surface area (Å²) in [6.07, 6.45) is 1.44. The summed E-state index contributed by atoms with van der Waals surface area (Å²) in [6.45, 7) is 3.50. The molecule has 4 N–H and O–H groups in total. The van der Waals surface area contributed by atoms with E-state index in [0.717, 1.165) is 11.9 Å². The van der Waals surface area contributed by atoms with Gasteiger partial charge in [-0.25, -0.2) is 14.5 Å². The molecule has 0 spiro atoms. The summed E-state index contributed by atoms with van der Waals surface area (Å²) in [6, 6.07) is 0. The molecule has 7 nitrogen and oxygen atoms in total. The SMILES string of the molecule is C=CCO/N=C(\C(=O)O)C1(N)N=CSN1. The first-order valence-electron chi connectivity index (χ1n) is 3.90. The smallest absolute Gasteiger partial charge is 0.359 e. The highest BCUT2D eigenvalue weighted by atomic mass is 32.2. The summed E-state index contributed by atoms with van der Waals surface area (Å²) in [4.78, 5) is 19.3. The number of nitrogens with two attached hydrogens (primary N) is 1.